The number of amides is 3. The summed E-state index contributed by atoms with van der Waals surface area (Å²) in [6, 6.07) is 7.51. The summed E-state index contributed by atoms with van der Waals surface area (Å²) in [6.07, 6.45) is 0. The Kier molecular flexibility index (Phi) is 6.28. The van der Waals surface area contributed by atoms with E-state index in [0.29, 0.717) is 12.5 Å². The molecule has 0 aliphatic rings. The largest absolute Gasteiger partial charge is 0.338 e. The Hall–Kier alpha value is -1.99. The van der Waals surface area contributed by atoms with Gasteiger partial charge < -0.3 is 5.32 Å². The van der Waals surface area contributed by atoms with Crippen molar-refractivity contribution in [3.8, 4) is 0 Å². The van der Waals surface area contributed by atoms with Gasteiger partial charge >= 0.3 is 6.03 Å². The number of likely N-dealkylation sites (N-methyl/N-ethyl adjacent to an activating group) is 1. The monoisotopic (exact) mass is 348 g/mol. The van der Waals surface area contributed by atoms with Crippen molar-refractivity contribution in [2.24, 2.45) is 5.92 Å². The van der Waals surface area contributed by atoms with Crippen molar-refractivity contribution in [1.82, 2.24) is 20.5 Å². The van der Waals surface area contributed by atoms with Gasteiger partial charge in [0.05, 0.1) is 22.8 Å². The number of para-hydroxylation sites is 1. The Bertz CT molecular complexity index is 680. The van der Waals surface area contributed by atoms with E-state index < -0.39 is 6.03 Å². The van der Waals surface area contributed by atoms with Crippen molar-refractivity contribution >= 4 is 33.5 Å². The number of nitrogens with zero attached hydrogens (tertiary/aromatic N) is 2. The predicted octanol–water partition coefficient (Wildman–Crippen LogP) is 2.77. The fourth-order valence-electron chi connectivity index (χ4n) is 2.13. The molecule has 0 saturated heterocycles. The Labute approximate surface area is 146 Å². The van der Waals surface area contributed by atoms with Gasteiger partial charge in [-0.15, -0.1) is 11.3 Å². The molecule has 2 N–H and O–H groups in total. The van der Waals surface area contributed by atoms with Gasteiger partial charge in [0.1, 0.15) is 5.01 Å². The molecular weight excluding hydrogens is 324 g/mol. The van der Waals surface area contributed by atoms with E-state index >= 15 is 0 Å². The van der Waals surface area contributed by atoms with Crippen molar-refractivity contribution < 1.29 is 9.59 Å². The maximum Gasteiger partial charge on any atom is 0.321 e. The number of imide groups is 1. The minimum absolute atomic E-state index is 0.00752. The molecule has 3 amide bonds. The number of aromatic nitrogens is 1. The van der Waals surface area contributed by atoms with Crippen LogP contribution in [0.25, 0.3) is 10.2 Å². The van der Waals surface area contributed by atoms with Crippen LogP contribution in [0.5, 0.6) is 0 Å². The first-order valence-corrected chi connectivity index (χ1v) is 8.82. The van der Waals surface area contributed by atoms with E-state index in [0.717, 1.165) is 15.2 Å². The number of thiazole rings is 1. The van der Waals surface area contributed by atoms with E-state index in [-0.39, 0.29) is 18.5 Å². The zero-order valence-electron chi connectivity index (χ0n) is 14.5. The molecule has 0 aliphatic carbocycles. The summed E-state index contributed by atoms with van der Waals surface area (Å²) in [5, 5.41) is 5.97. The highest BCUT2D eigenvalue weighted by molar-refractivity contribution is 7.18. The van der Waals surface area contributed by atoms with Crippen LogP contribution in [-0.2, 0) is 4.79 Å². The van der Waals surface area contributed by atoms with Crippen molar-refractivity contribution in [3.63, 3.8) is 0 Å². The summed E-state index contributed by atoms with van der Waals surface area (Å²) in [7, 11) is 1.85. The van der Waals surface area contributed by atoms with Crippen molar-refractivity contribution in [2.75, 3.05) is 20.1 Å². The zero-order chi connectivity index (χ0) is 17.7. The second kappa shape index (κ2) is 8.21. The van der Waals surface area contributed by atoms with Gasteiger partial charge in [-0.2, -0.15) is 0 Å². The van der Waals surface area contributed by atoms with Crippen LogP contribution >= 0.6 is 11.3 Å². The van der Waals surface area contributed by atoms with Gasteiger partial charge in [0.25, 0.3) is 0 Å². The zero-order valence-corrected chi connectivity index (χ0v) is 15.3. The number of carbonyl (C=O) groups is 2. The second-order valence-corrected chi connectivity index (χ2v) is 7.33. The van der Waals surface area contributed by atoms with Gasteiger partial charge in [-0.25, -0.2) is 9.78 Å². The van der Waals surface area contributed by atoms with E-state index in [2.05, 4.69) is 15.6 Å². The molecule has 0 spiro atoms. The molecule has 0 unspecified atom stereocenters. The average molecular weight is 348 g/mol. The first-order valence-electron chi connectivity index (χ1n) is 8.00. The molecule has 2 aromatic rings. The summed E-state index contributed by atoms with van der Waals surface area (Å²) < 4.78 is 1.13. The lowest BCUT2D eigenvalue weighted by Crippen LogP contribution is -2.45. The van der Waals surface area contributed by atoms with Crippen molar-refractivity contribution in [1.29, 1.82) is 0 Å². The Morgan fingerprint density at radius 3 is 2.62 bits per heavy atom. The third kappa shape index (κ3) is 5.01. The number of benzene rings is 1. The molecule has 0 fully saturated rings. The summed E-state index contributed by atoms with van der Waals surface area (Å²) in [6.45, 7) is 6.66. The highest BCUT2D eigenvalue weighted by atomic mass is 32.1. The lowest BCUT2D eigenvalue weighted by atomic mass is 10.2. The first kappa shape index (κ1) is 18.4. The van der Waals surface area contributed by atoms with Crippen LogP contribution in [0.4, 0.5) is 4.79 Å². The van der Waals surface area contributed by atoms with E-state index in [9.17, 15) is 9.59 Å². The minimum atomic E-state index is -0.449. The van der Waals surface area contributed by atoms with Crippen molar-refractivity contribution in [2.45, 2.75) is 26.8 Å². The fourth-order valence-corrected chi connectivity index (χ4v) is 3.21. The topological polar surface area (TPSA) is 74.3 Å². The van der Waals surface area contributed by atoms with E-state index in [1.807, 2.05) is 57.0 Å². The first-order chi connectivity index (χ1) is 11.4. The van der Waals surface area contributed by atoms with Crippen LogP contribution in [0.3, 0.4) is 0 Å². The quantitative estimate of drug-likeness (QED) is 0.842. The molecule has 6 nitrogen and oxygen atoms in total. The lowest BCUT2D eigenvalue weighted by Gasteiger charge is -2.22. The number of fused-ring (bicyclic) bond motifs is 1. The maximum atomic E-state index is 12.0. The number of urea groups is 1. The molecule has 24 heavy (non-hydrogen) atoms. The predicted molar refractivity (Wildman–Crippen MR) is 97.0 cm³/mol. The molecule has 130 valence electrons. The number of hydrogen-bond donors (Lipinski definition) is 2. The van der Waals surface area contributed by atoms with Gasteiger partial charge in [0.15, 0.2) is 0 Å². The Morgan fingerprint density at radius 1 is 1.25 bits per heavy atom. The highest BCUT2D eigenvalue weighted by Crippen LogP contribution is 2.28. The van der Waals surface area contributed by atoms with Gasteiger partial charge in [-0.1, -0.05) is 26.0 Å². The molecule has 1 atom stereocenters. The van der Waals surface area contributed by atoms with Crippen molar-refractivity contribution in [3.05, 3.63) is 29.3 Å². The molecule has 0 aliphatic heterocycles. The molecule has 0 saturated carbocycles. The van der Waals surface area contributed by atoms with E-state index in [1.165, 1.54) is 0 Å². The summed E-state index contributed by atoms with van der Waals surface area (Å²) in [5.74, 6) is 0.0132. The fraction of sp³-hybridized carbons (Fsp3) is 0.471. The number of nitrogens with one attached hydrogen (secondary N) is 2. The van der Waals surface area contributed by atoms with Gasteiger partial charge in [0, 0.05) is 6.54 Å². The summed E-state index contributed by atoms with van der Waals surface area (Å²) in [5.41, 5.74) is 0.968. The molecule has 1 heterocycles. The average Bonchev–Trinajstić information content (AvgIpc) is 2.95. The number of rotatable bonds is 6. The molecule has 1 aromatic heterocycles. The van der Waals surface area contributed by atoms with Crippen LogP contribution in [-0.4, -0.2) is 42.0 Å². The molecule has 2 rings (SSSR count). The summed E-state index contributed by atoms with van der Waals surface area (Å²) >= 11 is 1.62. The van der Waals surface area contributed by atoms with Crippen LogP contribution < -0.4 is 10.6 Å². The Morgan fingerprint density at radius 2 is 1.96 bits per heavy atom. The molecule has 0 bridgehead atoms. The third-order valence-corrected chi connectivity index (χ3v) is 4.85. The number of hydrogen-bond acceptors (Lipinski definition) is 5. The maximum absolute atomic E-state index is 12.0. The molecule has 1 aromatic carbocycles. The van der Waals surface area contributed by atoms with Crippen LogP contribution in [0.15, 0.2) is 24.3 Å². The smallest absolute Gasteiger partial charge is 0.321 e. The van der Waals surface area contributed by atoms with Gasteiger partial charge in [0.2, 0.25) is 5.91 Å². The highest BCUT2D eigenvalue weighted by Gasteiger charge is 2.19. The van der Waals surface area contributed by atoms with Crippen LogP contribution in [0.1, 0.15) is 31.8 Å². The van der Waals surface area contributed by atoms with E-state index in [1.54, 1.807) is 11.3 Å². The Balaban J connectivity index is 1.89. The molecular formula is C17H24N4O2S. The van der Waals surface area contributed by atoms with Gasteiger partial charge in [-0.05, 0) is 32.0 Å². The van der Waals surface area contributed by atoms with Gasteiger partial charge in [-0.3, -0.25) is 15.0 Å². The molecule has 7 heteroatoms. The summed E-state index contributed by atoms with van der Waals surface area (Å²) in [4.78, 5) is 30.1. The third-order valence-electron chi connectivity index (χ3n) is 3.65. The SMILES string of the molecule is CC(C)CNC(=O)NC(=O)CN(C)[C@H](C)c1nc2ccccc2s1. The number of carbonyl (C=O) groups excluding carboxylic acids is 2. The normalized spacial score (nSPS) is 12.6. The standard InChI is InChI=1S/C17H24N4O2S/c1-11(2)9-18-17(23)20-15(22)10-21(4)12(3)16-19-13-7-5-6-8-14(13)24-16/h5-8,11-12H,9-10H2,1-4H3,(H2,18,20,22,23)/t12-/m1/s1. The van der Waals surface area contributed by atoms with E-state index in [4.69, 9.17) is 0 Å². The lowest BCUT2D eigenvalue weighted by molar-refractivity contribution is -0.121. The minimum Gasteiger partial charge on any atom is -0.338 e. The van der Waals surface area contributed by atoms with Crippen LogP contribution in [0.2, 0.25) is 0 Å². The molecule has 0 radical (unpaired) electrons. The second-order valence-electron chi connectivity index (χ2n) is 6.26. The van der Waals surface area contributed by atoms with Crippen LogP contribution in [0, 0.1) is 5.92 Å².